The number of carbonyl (C=O) groups is 4. The van der Waals surface area contributed by atoms with Gasteiger partial charge in [0.25, 0.3) is 0 Å². The largest absolute Gasteiger partial charge is 0.472 e. The first-order valence-corrected chi connectivity index (χ1v) is 45.3. The number of esters is 4. The lowest BCUT2D eigenvalue weighted by molar-refractivity contribution is -0.161. The Balaban J connectivity index is 5.22. The average molecular weight is 1480 g/mol. The Bertz CT molecular complexity index is 1960. The first kappa shape index (κ1) is 99.1. The van der Waals surface area contributed by atoms with Crippen molar-refractivity contribution in [3.8, 4) is 0 Å². The number of hydrogen-bond donors (Lipinski definition) is 3. The molecule has 0 rings (SSSR count). The van der Waals surface area contributed by atoms with E-state index in [4.69, 9.17) is 37.0 Å². The van der Waals surface area contributed by atoms with Crippen molar-refractivity contribution in [2.45, 2.75) is 446 Å². The highest BCUT2D eigenvalue weighted by molar-refractivity contribution is 7.47. The van der Waals surface area contributed by atoms with Crippen molar-refractivity contribution in [2.24, 2.45) is 17.8 Å². The number of hydrogen-bond acceptors (Lipinski definition) is 15. The van der Waals surface area contributed by atoms with Gasteiger partial charge in [-0.2, -0.15) is 0 Å². The summed E-state index contributed by atoms with van der Waals surface area (Å²) in [6.45, 7) is 12.0. The molecule has 3 N–H and O–H groups in total. The van der Waals surface area contributed by atoms with E-state index in [1.54, 1.807) is 0 Å². The Kier molecular flexibility index (Phi) is 70.9. The summed E-state index contributed by atoms with van der Waals surface area (Å²) in [5.74, 6) is 0.283. The summed E-state index contributed by atoms with van der Waals surface area (Å²) < 4.78 is 68.7. The van der Waals surface area contributed by atoms with Crippen molar-refractivity contribution in [1.82, 2.24) is 0 Å². The van der Waals surface area contributed by atoms with Crippen molar-refractivity contribution in [3.63, 3.8) is 0 Å². The molecular formula is C82H160O17P2. The molecule has 0 radical (unpaired) electrons. The predicted molar refractivity (Wildman–Crippen MR) is 414 cm³/mol. The first-order valence-electron chi connectivity index (χ1n) is 42.3. The monoisotopic (exact) mass is 1480 g/mol. The van der Waals surface area contributed by atoms with Crippen LogP contribution in [0, 0.1) is 17.8 Å². The summed E-state index contributed by atoms with van der Waals surface area (Å²) in [5, 5.41) is 10.6. The zero-order valence-corrected chi connectivity index (χ0v) is 68.2. The molecule has 0 aliphatic carbocycles. The van der Waals surface area contributed by atoms with Gasteiger partial charge in [-0.25, -0.2) is 9.13 Å². The highest BCUT2D eigenvalue weighted by Gasteiger charge is 2.30. The summed E-state index contributed by atoms with van der Waals surface area (Å²) in [6.07, 6.45) is 61.0. The molecule has 0 heterocycles. The van der Waals surface area contributed by atoms with Crippen molar-refractivity contribution in [3.05, 3.63) is 0 Å². The molecule has 0 bridgehead atoms. The molecule has 0 spiro atoms. The molecule has 101 heavy (non-hydrogen) atoms. The Hall–Kier alpha value is -1.94. The average Bonchev–Trinajstić information content (AvgIpc) is 1.61. The maximum atomic E-state index is 13.1. The molecule has 19 heteroatoms. The van der Waals surface area contributed by atoms with Crippen molar-refractivity contribution < 1.29 is 80.2 Å². The molecule has 0 saturated carbocycles. The lowest BCUT2D eigenvalue weighted by Crippen LogP contribution is -2.30. The predicted octanol–water partition coefficient (Wildman–Crippen LogP) is 24.5. The number of phosphoric ester groups is 2. The fourth-order valence-corrected chi connectivity index (χ4v) is 14.2. The standard InChI is InChI=1S/C82H160O17P2/c1-8-9-10-11-12-32-42-49-56-63-79(84)92-69-77(98-82(87)66-59-52-45-38-31-25-24-28-35-41-48-55-62-75(6)7)71-96-100(88,89)94-67-76(83)68-95-101(90,91)97-72-78(70-93-80(85)64-57-50-43-36-29-22-19-15-17-21-27-34-40-47-54-61-74(4)5)99-81(86)65-58-51-44-37-30-23-18-14-13-16-20-26-33-39-46-53-60-73(2)3/h73-78,83H,8-72H2,1-7H3,(H,88,89)(H,90,91)/t76-,77+,78+/m0/s1. The van der Waals surface area contributed by atoms with Crippen molar-refractivity contribution >= 4 is 39.5 Å². The van der Waals surface area contributed by atoms with Crippen LogP contribution in [0.3, 0.4) is 0 Å². The van der Waals surface area contributed by atoms with Gasteiger partial charge in [-0.3, -0.25) is 37.3 Å². The van der Waals surface area contributed by atoms with Crippen LogP contribution in [-0.2, 0) is 65.4 Å². The van der Waals surface area contributed by atoms with Gasteiger partial charge in [-0.05, 0) is 43.4 Å². The molecule has 5 atom stereocenters. The molecule has 0 aromatic heterocycles. The summed E-state index contributed by atoms with van der Waals surface area (Å²) in [7, 11) is -9.92. The van der Waals surface area contributed by atoms with E-state index in [1.165, 1.54) is 238 Å². The Morgan fingerprint density at radius 2 is 0.455 bits per heavy atom. The van der Waals surface area contributed by atoms with E-state index in [-0.39, 0.29) is 25.7 Å². The van der Waals surface area contributed by atoms with E-state index in [9.17, 15) is 43.2 Å². The van der Waals surface area contributed by atoms with Gasteiger partial charge in [0.1, 0.15) is 19.3 Å². The molecule has 0 aliphatic heterocycles. The van der Waals surface area contributed by atoms with Gasteiger partial charge in [0.15, 0.2) is 12.2 Å². The molecule has 0 amide bonds. The van der Waals surface area contributed by atoms with Gasteiger partial charge in [0.2, 0.25) is 0 Å². The number of ether oxygens (including phenoxy) is 4. The molecule has 600 valence electrons. The number of aliphatic hydroxyl groups is 1. The van der Waals surface area contributed by atoms with E-state index >= 15 is 0 Å². The Morgan fingerprint density at radius 3 is 0.673 bits per heavy atom. The number of carbonyl (C=O) groups excluding carboxylic acids is 4. The minimum absolute atomic E-state index is 0.107. The third-order valence-corrected chi connectivity index (χ3v) is 21.0. The number of aliphatic hydroxyl groups excluding tert-OH is 1. The molecule has 0 aliphatic rings. The highest BCUT2D eigenvalue weighted by atomic mass is 31.2. The van der Waals surface area contributed by atoms with Crippen molar-refractivity contribution in [1.29, 1.82) is 0 Å². The molecule has 0 aromatic rings. The summed E-state index contributed by atoms with van der Waals surface area (Å²) in [4.78, 5) is 73.0. The normalized spacial score (nSPS) is 14.0. The van der Waals surface area contributed by atoms with Crippen molar-refractivity contribution in [2.75, 3.05) is 39.6 Å². The van der Waals surface area contributed by atoms with Crippen LogP contribution in [0.4, 0.5) is 0 Å². The second kappa shape index (κ2) is 72.3. The highest BCUT2D eigenvalue weighted by Crippen LogP contribution is 2.45. The van der Waals surface area contributed by atoms with Gasteiger partial charge in [-0.15, -0.1) is 0 Å². The molecule has 0 fully saturated rings. The Labute approximate surface area is 619 Å². The van der Waals surface area contributed by atoms with Crippen LogP contribution in [0.5, 0.6) is 0 Å². The van der Waals surface area contributed by atoms with E-state index in [2.05, 4.69) is 48.5 Å². The molecule has 2 unspecified atom stereocenters. The number of rotatable bonds is 80. The summed E-state index contributed by atoms with van der Waals surface area (Å²) in [5.41, 5.74) is 0. The fourth-order valence-electron chi connectivity index (χ4n) is 12.7. The topological polar surface area (TPSA) is 237 Å². The third-order valence-electron chi connectivity index (χ3n) is 19.1. The smallest absolute Gasteiger partial charge is 0.462 e. The van der Waals surface area contributed by atoms with E-state index in [0.29, 0.717) is 25.7 Å². The van der Waals surface area contributed by atoms with Crippen LogP contribution in [0.25, 0.3) is 0 Å². The van der Waals surface area contributed by atoms with Crippen LogP contribution in [0.1, 0.15) is 427 Å². The number of phosphoric acid groups is 2. The number of unbranched alkanes of at least 4 members (excludes halogenated alkanes) is 48. The minimum Gasteiger partial charge on any atom is -0.462 e. The third kappa shape index (κ3) is 76.1. The van der Waals surface area contributed by atoms with Gasteiger partial charge in [0, 0.05) is 25.7 Å². The zero-order valence-electron chi connectivity index (χ0n) is 66.4. The molecule has 17 nitrogen and oxygen atoms in total. The fraction of sp³-hybridized carbons (Fsp3) is 0.951. The maximum absolute atomic E-state index is 13.1. The maximum Gasteiger partial charge on any atom is 0.472 e. The summed E-state index contributed by atoms with van der Waals surface area (Å²) >= 11 is 0. The van der Waals surface area contributed by atoms with Crippen LogP contribution in [-0.4, -0.2) is 96.7 Å². The first-order chi connectivity index (χ1) is 48.7. The van der Waals surface area contributed by atoms with Crippen LogP contribution in [0.15, 0.2) is 0 Å². The van der Waals surface area contributed by atoms with Gasteiger partial charge >= 0.3 is 39.5 Å². The van der Waals surface area contributed by atoms with E-state index < -0.39 is 97.5 Å². The summed E-state index contributed by atoms with van der Waals surface area (Å²) in [6, 6.07) is 0. The second-order valence-corrected chi connectivity index (χ2v) is 33.8. The second-order valence-electron chi connectivity index (χ2n) is 30.9. The molecule has 0 aromatic carbocycles. The van der Waals surface area contributed by atoms with Crippen LogP contribution < -0.4 is 0 Å². The van der Waals surface area contributed by atoms with E-state index in [0.717, 1.165) is 108 Å². The van der Waals surface area contributed by atoms with Crippen LogP contribution >= 0.6 is 15.6 Å². The molecular weight excluding hydrogens is 1320 g/mol. The van der Waals surface area contributed by atoms with Crippen LogP contribution in [0.2, 0.25) is 0 Å². The zero-order chi connectivity index (χ0) is 74.4. The minimum atomic E-state index is -4.96. The SMILES string of the molecule is CCCCCCCCCCCC(=O)OC[C@H](COP(=O)(O)OC[C@H](O)COP(=O)(O)OC[C@@H](COC(=O)CCCCCCCCCCCCCCCCCC(C)C)OC(=O)CCCCCCCCCCCCCCCCCCC(C)C)OC(=O)CCCCCCCCCCCCCCC(C)C. The quantitative estimate of drug-likeness (QED) is 0.0222. The lowest BCUT2D eigenvalue weighted by Gasteiger charge is -2.21. The Morgan fingerprint density at radius 1 is 0.267 bits per heavy atom. The van der Waals surface area contributed by atoms with Gasteiger partial charge < -0.3 is 33.8 Å². The van der Waals surface area contributed by atoms with Gasteiger partial charge in [-0.1, -0.05) is 376 Å². The van der Waals surface area contributed by atoms with E-state index in [1.807, 2.05) is 0 Å². The lowest BCUT2D eigenvalue weighted by atomic mass is 10.0. The van der Waals surface area contributed by atoms with Gasteiger partial charge in [0.05, 0.1) is 26.4 Å². The molecule has 0 saturated heterocycles.